The van der Waals surface area contributed by atoms with Crippen LogP contribution in [0.15, 0.2) is 18.2 Å². The maximum absolute atomic E-state index is 6.19. The minimum Gasteiger partial charge on any atom is -0.371 e. The van der Waals surface area contributed by atoms with Crippen molar-refractivity contribution in [2.24, 2.45) is 5.73 Å². The minimum absolute atomic E-state index is 0.283. The Kier molecular flexibility index (Phi) is 5.90. The van der Waals surface area contributed by atoms with E-state index in [-0.39, 0.29) is 6.04 Å². The summed E-state index contributed by atoms with van der Waals surface area (Å²) in [6.07, 6.45) is 8.88. The molecule has 1 heterocycles. The molecule has 2 heteroatoms. The first-order valence-electron chi connectivity index (χ1n) is 8.30. The predicted octanol–water partition coefficient (Wildman–Crippen LogP) is 4.05. The van der Waals surface area contributed by atoms with Crippen molar-refractivity contribution in [3.05, 3.63) is 29.3 Å². The van der Waals surface area contributed by atoms with E-state index in [1.165, 1.54) is 62.0 Å². The molecule has 1 aliphatic rings. The van der Waals surface area contributed by atoms with E-state index >= 15 is 0 Å². The summed E-state index contributed by atoms with van der Waals surface area (Å²) >= 11 is 0. The average Bonchev–Trinajstić information content (AvgIpc) is 2.39. The number of rotatable bonds is 4. The van der Waals surface area contributed by atoms with E-state index in [0.717, 1.165) is 12.8 Å². The van der Waals surface area contributed by atoms with Crippen LogP contribution >= 0.6 is 0 Å². The first-order chi connectivity index (χ1) is 9.70. The SMILES string of the molecule is CCC(N)Cc1cc(C)ccc1N1CCCCCCC1. The lowest BCUT2D eigenvalue weighted by molar-refractivity contribution is 0.554. The smallest absolute Gasteiger partial charge is 0.0399 e. The Bertz CT molecular complexity index is 406. The molecule has 1 unspecified atom stereocenters. The fourth-order valence-electron chi connectivity index (χ4n) is 3.10. The molecule has 2 rings (SSSR count). The molecule has 112 valence electrons. The maximum atomic E-state index is 6.19. The van der Waals surface area contributed by atoms with Gasteiger partial charge in [-0.3, -0.25) is 0 Å². The first kappa shape index (κ1) is 15.4. The van der Waals surface area contributed by atoms with Crippen molar-refractivity contribution in [3.63, 3.8) is 0 Å². The van der Waals surface area contributed by atoms with Crippen molar-refractivity contribution in [2.75, 3.05) is 18.0 Å². The first-order valence-corrected chi connectivity index (χ1v) is 8.30. The van der Waals surface area contributed by atoms with Crippen LogP contribution in [-0.4, -0.2) is 19.1 Å². The molecular weight excluding hydrogens is 244 g/mol. The predicted molar refractivity (Wildman–Crippen MR) is 88.4 cm³/mol. The van der Waals surface area contributed by atoms with Gasteiger partial charge in [0, 0.05) is 24.8 Å². The fraction of sp³-hybridized carbons (Fsp3) is 0.667. The van der Waals surface area contributed by atoms with Gasteiger partial charge in [0.15, 0.2) is 0 Å². The molecule has 0 bridgehead atoms. The van der Waals surface area contributed by atoms with E-state index in [1.807, 2.05) is 0 Å². The molecular formula is C18H30N2. The number of hydrogen-bond donors (Lipinski definition) is 1. The van der Waals surface area contributed by atoms with Gasteiger partial charge in [-0.25, -0.2) is 0 Å². The van der Waals surface area contributed by atoms with E-state index < -0.39 is 0 Å². The number of hydrogen-bond acceptors (Lipinski definition) is 2. The van der Waals surface area contributed by atoms with E-state index in [2.05, 4.69) is 36.9 Å². The van der Waals surface area contributed by atoms with Crippen molar-refractivity contribution >= 4 is 5.69 Å². The van der Waals surface area contributed by atoms with Crippen LogP contribution < -0.4 is 10.6 Å². The Balaban J connectivity index is 2.19. The van der Waals surface area contributed by atoms with Crippen molar-refractivity contribution < 1.29 is 0 Å². The van der Waals surface area contributed by atoms with E-state index in [4.69, 9.17) is 5.73 Å². The van der Waals surface area contributed by atoms with Gasteiger partial charge in [-0.05, 0) is 44.2 Å². The number of benzene rings is 1. The summed E-state index contributed by atoms with van der Waals surface area (Å²) in [6, 6.07) is 7.18. The van der Waals surface area contributed by atoms with Crippen molar-refractivity contribution in [3.8, 4) is 0 Å². The fourth-order valence-corrected chi connectivity index (χ4v) is 3.10. The maximum Gasteiger partial charge on any atom is 0.0399 e. The molecule has 0 radical (unpaired) electrons. The highest BCUT2D eigenvalue weighted by molar-refractivity contribution is 5.55. The standard InChI is InChI=1S/C18H30N2/c1-3-17(19)14-16-13-15(2)9-10-18(16)20-11-7-5-4-6-8-12-20/h9-10,13,17H,3-8,11-12,14,19H2,1-2H3. The summed E-state index contributed by atoms with van der Waals surface area (Å²) in [6.45, 7) is 6.77. The number of aryl methyl sites for hydroxylation is 1. The molecule has 1 saturated heterocycles. The van der Waals surface area contributed by atoms with E-state index in [1.54, 1.807) is 0 Å². The van der Waals surface area contributed by atoms with Crippen molar-refractivity contribution in [1.29, 1.82) is 0 Å². The second-order valence-electron chi connectivity index (χ2n) is 6.26. The largest absolute Gasteiger partial charge is 0.371 e. The van der Waals surface area contributed by atoms with Crippen LogP contribution in [0.2, 0.25) is 0 Å². The van der Waals surface area contributed by atoms with Crippen LogP contribution in [0.3, 0.4) is 0 Å². The average molecular weight is 274 g/mol. The lowest BCUT2D eigenvalue weighted by Gasteiger charge is -2.29. The summed E-state index contributed by atoms with van der Waals surface area (Å²) < 4.78 is 0. The molecule has 2 N–H and O–H groups in total. The van der Waals surface area contributed by atoms with Crippen molar-refractivity contribution in [2.45, 2.75) is 64.8 Å². The highest BCUT2D eigenvalue weighted by Crippen LogP contribution is 2.26. The van der Waals surface area contributed by atoms with Gasteiger partial charge >= 0.3 is 0 Å². The van der Waals surface area contributed by atoms with Gasteiger partial charge < -0.3 is 10.6 Å². The Morgan fingerprint density at radius 2 is 1.75 bits per heavy atom. The van der Waals surface area contributed by atoms with Gasteiger partial charge in [0.1, 0.15) is 0 Å². The van der Waals surface area contributed by atoms with Gasteiger partial charge in [-0.1, -0.05) is 43.9 Å². The van der Waals surface area contributed by atoms with Crippen LogP contribution in [0.5, 0.6) is 0 Å². The monoisotopic (exact) mass is 274 g/mol. The highest BCUT2D eigenvalue weighted by Gasteiger charge is 2.14. The number of nitrogens with two attached hydrogens (primary N) is 1. The van der Waals surface area contributed by atoms with Crippen molar-refractivity contribution in [1.82, 2.24) is 0 Å². The molecule has 0 aromatic heterocycles. The number of anilines is 1. The summed E-state index contributed by atoms with van der Waals surface area (Å²) in [4.78, 5) is 2.59. The topological polar surface area (TPSA) is 29.3 Å². The molecule has 0 saturated carbocycles. The molecule has 1 fully saturated rings. The third-order valence-corrected chi connectivity index (χ3v) is 4.44. The van der Waals surface area contributed by atoms with Crippen LogP contribution in [0, 0.1) is 6.92 Å². The molecule has 1 aromatic carbocycles. The lowest BCUT2D eigenvalue weighted by Crippen LogP contribution is -2.29. The van der Waals surface area contributed by atoms with Crippen LogP contribution in [-0.2, 0) is 6.42 Å². The lowest BCUT2D eigenvalue weighted by atomic mass is 9.99. The molecule has 20 heavy (non-hydrogen) atoms. The molecule has 2 nitrogen and oxygen atoms in total. The zero-order valence-corrected chi connectivity index (χ0v) is 13.2. The van der Waals surface area contributed by atoms with E-state index in [9.17, 15) is 0 Å². The summed E-state index contributed by atoms with van der Waals surface area (Å²) in [7, 11) is 0. The highest BCUT2D eigenvalue weighted by atomic mass is 15.1. The zero-order valence-electron chi connectivity index (χ0n) is 13.2. The Labute approximate surface area is 124 Å². The third kappa shape index (κ3) is 4.24. The van der Waals surface area contributed by atoms with Gasteiger partial charge in [-0.15, -0.1) is 0 Å². The molecule has 0 aliphatic carbocycles. The quantitative estimate of drug-likeness (QED) is 0.897. The Hall–Kier alpha value is -1.02. The molecule has 0 spiro atoms. The third-order valence-electron chi connectivity index (χ3n) is 4.44. The van der Waals surface area contributed by atoms with Gasteiger partial charge in [0.05, 0.1) is 0 Å². The zero-order chi connectivity index (χ0) is 14.4. The van der Waals surface area contributed by atoms with Crippen LogP contribution in [0.4, 0.5) is 5.69 Å². The molecule has 1 aliphatic heterocycles. The Morgan fingerprint density at radius 3 is 2.40 bits per heavy atom. The number of nitrogens with zero attached hydrogens (tertiary/aromatic N) is 1. The summed E-state index contributed by atoms with van der Waals surface area (Å²) in [5, 5.41) is 0. The van der Waals surface area contributed by atoms with Gasteiger partial charge in [0.25, 0.3) is 0 Å². The molecule has 1 aromatic rings. The molecule has 1 atom stereocenters. The summed E-state index contributed by atoms with van der Waals surface area (Å²) in [5.41, 5.74) is 10.4. The Morgan fingerprint density at radius 1 is 1.10 bits per heavy atom. The second kappa shape index (κ2) is 7.68. The molecule has 0 amide bonds. The van der Waals surface area contributed by atoms with Crippen LogP contribution in [0.1, 0.15) is 56.6 Å². The van der Waals surface area contributed by atoms with Crippen LogP contribution in [0.25, 0.3) is 0 Å². The minimum atomic E-state index is 0.283. The normalized spacial score (nSPS) is 18.4. The van der Waals surface area contributed by atoms with Gasteiger partial charge in [-0.2, -0.15) is 0 Å². The summed E-state index contributed by atoms with van der Waals surface area (Å²) in [5.74, 6) is 0. The van der Waals surface area contributed by atoms with Gasteiger partial charge in [0.2, 0.25) is 0 Å². The second-order valence-corrected chi connectivity index (χ2v) is 6.26. The van der Waals surface area contributed by atoms with E-state index in [0.29, 0.717) is 0 Å².